The lowest BCUT2D eigenvalue weighted by Crippen LogP contribution is -2.26. The molecule has 0 amide bonds. The average molecular weight is 192 g/mol. The van der Waals surface area contributed by atoms with Crippen molar-refractivity contribution in [2.75, 3.05) is 7.11 Å². The predicted octanol–water partition coefficient (Wildman–Crippen LogP) is 1.79. The van der Waals surface area contributed by atoms with Crippen LogP contribution in [0.5, 0.6) is 0 Å². The Balaban J connectivity index is 2.86. The predicted molar refractivity (Wildman–Crippen MR) is 40.5 cm³/mol. The van der Waals surface area contributed by atoms with Crippen molar-refractivity contribution in [1.82, 2.24) is 0 Å². The van der Waals surface area contributed by atoms with Crippen LogP contribution in [0.3, 0.4) is 0 Å². The lowest BCUT2D eigenvalue weighted by molar-refractivity contribution is -0.138. The molecule has 0 atom stereocenters. The van der Waals surface area contributed by atoms with Crippen molar-refractivity contribution >= 4 is 5.97 Å². The molecule has 0 radical (unpaired) electrons. The van der Waals surface area contributed by atoms with Crippen LogP contribution < -0.4 is 0 Å². The third-order valence-electron chi connectivity index (χ3n) is 1.94. The highest BCUT2D eigenvalue weighted by molar-refractivity contribution is 5.89. The molecule has 13 heavy (non-hydrogen) atoms. The van der Waals surface area contributed by atoms with E-state index in [4.69, 9.17) is 5.11 Å². The lowest BCUT2D eigenvalue weighted by atomic mass is 9.94. The van der Waals surface area contributed by atoms with Gasteiger partial charge < -0.3 is 9.84 Å². The van der Waals surface area contributed by atoms with Gasteiger partial charge in [0.1, 0.15) is 5.76 Å². The molecule has 0 unspecified atom stereocenters. The number of allylic oxidation sites excluding steroid dienone is 1. The van der Waals surface area contributed by atoms with E-state index in [9.17, 15) is 13.6 Å². The molecule has 5 heteroatoms. The monoisotopic (exact) mass is 192 g/mol. The number of aliphatic hydroxyl groups excluding tert-OH is 1. The first-order chi connectivity index (χ1) is 5.96. The van der Waals surface area contributed by atoms with E-state index >= 15 is 0 Å². The van der Waals surface area contributed by atoms with E-state index in [0.29, 0.717) is 0 Å². The maximum atomic E-state index is 12.8. The van der Waals surface area contributed by atoms with Crippen molar-refractivity contribution in [3.8, 4) is 0 Å². The summed E-state index contributed by atoms with van der Waals surface area (Å²) in [7, 11) is 1.09. The van der Waals surface area contributed by atoms with Crippen LogP contribution in [0.1, 0.15) is 19.3 Å². The Morgan fingerprint density at radius 2 is 2.23 bits per heavy atom. The molecule has 0 aliphatic heterocycles. The topological polar surface area (TPSA) is 46.5 Å². The number of hydrogen-bond donors (Lipinski definition) is 1. The number of rotatable bonds is 1. The van der Waals surface area contributed by atoms with Crippen LogP contribution in [0, 0.1) is 0 Å². The minimum absolute atomic E-state index is 0.169. The zero-order valence-corrected chi connectivity index (χ0v) is 7.14. The minimum atomic E-state index is -2.91. The molecule has 1 aliphatic rings. The summed E-state index contributed by atoms with van der Waals surface area (Å²) >= 11 is 0. The normalized spacial score (nSPS) is 21.5. The molecule has 0 saturated carbocycles. The van der Waals surface area contributed by atoms with E-state index in [0.717, 1.165) is 7.11 Å². The molecular weight excluding hydrogens is 182 g/mol. The Hall–Kier alpha value is -1.13. The highest BCUT2D eigenvalue weighted by Crippen LogP contribution is 2.36. The van der Waals surface area contributed by atoms with Gasteiger partial charge in [0.05, 0.1) is 12.7 Å². The van der Waals surface area contributed by atoms with Gasteiger partial charge in [0.25, 0.3) is 5.92 Å². The third kappa shape index (κ3) is 2.17. The summed E-state index contributed by atoms with van der Waals surface area (Å²) in [6, 6.07) is 0. The summed E-state index contributed by atoms with van der Waals surface area (Å²) in [5.74, 6) is -4.06. The fourth-order valence-electron chi connectivity index (χ4n) is 1.21. The number of methoxy groups -OCH3 is 1. The Morgan fingerprint density at radius 1 is 1.62 bits per heavy atom. The molecule has 0 fully saturated rings. The number of halogens is 2. The first-order valence-electron chi connectivity index (χ1n) is 3.83. The Bertz CT molecular complexity index is 258. The molecule has 1 aliphatic carbocycles. The zero-order valence-electron chi connectivity index (χ0n) is 7.14. The van der Waals surface area contributed by atoms with Crippen molar-refractivity contribution in [2.24, 2.45) is 0 Å². The Morgan fingerprint density at radius 3 is 2.77 bits per heavy atom. The summed E-state index contributed by atoms with van der Waals surface area (Å²) in [4.78, 5) is 10.9. The maximum Gasteiger partial charge on any atom is 0.337 e. The third-order valence-corrected chi connectivity index (χ3v) is 1.94. The van der Waals surface area contributed by atoms with Crippen molar-refractivity contribution in [2.45, 2.75) is 25.2 Å². The smallest absolute Gasteiger partial charge is 0.337 e. The molecule has 0 aromatic rings. The van der Waals surface area contributed by atoms with Crippen LogP contribution in [0.25, 0.3) is 0 Å². The summed E-state index contributed by atoms with van der Waals surface area (Å²) in [6.07, 6.45) is -1.32. The lowest BCUT2D eigenvalue weighted by Gasteiger charge is -2.22. The van der Waals surface area contributed by atoms with Crippen LogP contribution in [0.2, 0.25) is 0 Å². The number of carbonyl (C=O) groups is 1. The quantitative estimate of drug-likeness (QED) is 0.644. The van der Waals surface area contributed by atoms with Gasteiger partial charge >= 0.3 is 5.97 Å². The van der Waals surface area contributed by atoms with Crippen LogP contribution in [-0.4, -0.2) is 24.1 Å². The Kier molecular flexibility index (Phi) is 2.54. The van der Waals surface area contributed by atoms with Crippen LogP contribution >= 0.6 is 0 Å². The second-order valence-corrected chi connectivity index (χ2v) is 2.95. The van der Waals surface area contributed by atoms with E-state index in [1.807, 2.05) is 0 Å². The molecule has 1 rings (SSSR count). The maximum absolute atomic E-state index is 12.8. The molecule has 0 spiro atoms. The van der Waals surface area contributed by atoms with Crippen molar-refractivity contribution in [1.29, 1.82) is 0 Å². The molecular formula is C8H10F2O3. The highest BCUT2D eigenvalue weighted by Gasteiger charge is 2.38. The number of esters is 1. The van der Waals surface area contributed by atoms with Gasteiger partial charge in [-0.1, -0.05) is 0 Å². The van der Waals surface area contributed by atoms with Gasteiger partial charge in [0.15, 0.2) is 0 Å². The van der Waals surface area contributed by atoms with Crippen molar-refractivity contribution in [3.63, 3.8) is 0 Å². The molecule has 1 N–H and O–H groups in total. The zero-order chi connectivity index (χ0) is 10.1. The van der Waals surface area contributed by atoms with Crippen LogP contribution in [0.4, 0.5) is 8.78 Å². The highest BCUT2D eigenvalue weighted by atomic mass is 19.3. The molecule has 0 aromatic carbocycles. The van der Waals surface area contributed by atoms with Crippen LogP contribution in [0.15, 0.2) is 11.3 Å². The Labute approximate surface area is 74.0 Å². The van der Waals surface area contributed by atoms with E-state index in [2.05, 4.69) is 4.74 Å². The van der Waals surface area contributed by atoms with Gasteiger partial charge in [-0.05, 0) is 0 Å². The van der Waals surface area contributed by atoms with Gasteiger partial charge in [0, 0.05) is 19.3 Å². The summed E-state index contributed by atoms with van der Waals surface area (Å²) in [5, 5.41) is 9.15. The number of carbonyl (C=O) groups excluding carboxylic acids is 1. The largest absolute Gasteiger partial charge is 0.512 e. The molecule has 0 saturated heterocycles. The average Bonchev–Trinajstić information content (AvgIpc) is 2.08. The number of aliphatic hydroxyl groups is 1. The molecule has 74 valence electrons. The number of alkyl halides is 2. The van der Waals surface area contributed by atoms with E-state index in [-0.39, 0.29) is 17.8 Å². The summed E-state index contributed by atoms with van der Waals surface area (Å²) in [6.45, 7) is 0. The van der Waals surface area contributed by atoms with E-state index in [1.165, 1.54) is 0 Å². The van der Waals surface area contributed by atoms with Crippen molar-refractivity contribution in [3.05, 3.63) is 11.3 Å². The van der Waals surface area contributed by atoms with Gasteiger partial charge in [-0.25, -0.2) is 13.6 Å². The van der Waals surface area contributed by atoms with E-state index in [1.54, 1.807) is 0 Å². The molecule has 0 aromatic heterocycles. The second-order valence-electron chi connectivity index (χ2n) is 2.95. The molecule has 3 nitrogen and oxygen atoms in total. The molecule has 0 heterocycles. The first-order valence-corrected chi connectivity index (χ1v) is 3.83. The van der Waals surface area contributed by atoms with Crippen molar-refractivity contribution < 1.29 is 23.4 Å². The van der Waals surface area contributed by atoms with Gasteiger partial charge in [-0.2, -0.15) is 0 Å². The molecule has 0 bridgehead atoms. The standard InChI is InChI=1S/C8H10F2O3/c1-13-7(12)5-4-8(9,10)3-2-6(5)11/h11H,2-4H2,1H3. The SMILES string of the molecule is COC(=O)C1=C(O)CCC(F)(F)C1. The minimum Gasteiger partial charge on any atom is -0.512 e. The van der Waals surface area contributed by atoms with Gasteiger partial charge in [0.2, 0.25) is 0 Å². The summed E-state index contributed by atoms with van der Waals surface area (Å²) in [5.41, 5.74) is -0.307. The number of ether oxygens (including phenoxy) is 1. The summed E-state index contributed by atoms with van der Waals surface area (Å²) < 4.78 is 29.8. The fourth-order valence-corrected chi connectivity index (χ4v) is 1.21. The number of hydrogen-bond acceptors (Lipinski definition) is 3. The fraction of sp³-hybridized carbons (Fsp3) is 0.625. The van der Waals surface area contributed by atoms with Gasteiger partial charge in [-0.3, -0.25) is 0 Å². The second kappa shape index (κ2) is 3.32. The first kappa shape index (κ1) is 9.95. The van der Waals surface area contributed by atoms with E-state index < -0.39 is 24.7 Å². The van der Waals surface area contributed by atoms with Gasteiger partial charge in [-0.15, -0.1) is 0 Å². The van der Waals surface area contributed by atoms with Crippen LogP contribution in [-0.2, 0) is 9.53 Å².